The standard InChI is InChI=1S/C22H20FNO5S/c1-28-22(25)21(24-30(26,27)20-5-3-2-4-6-20)17-9-13-19(14-10-17)29-15-16-7-11-18(23)12-8-16/h2-14,21,24H,15H2,1H3/t21-/m1/s1. The fourth-order valence-electron chi connectivity index (χ4n) is 2.70. The van der Waals surface area contributed by atoms with Crippen LogP contribution in [0.3, 0.4) is 0 Å². The van der Waals surface area contributed by atoms with Crippen LogP contribution in [0.25, 0.3) is 0 Å². The average Bonchev–Trinajstić information content (AvgIpc) is 2.77. The zero-order valence-electron chi connectivity index (χ0n) is 16.1. The summed E-state index contributed by atoms with van der Waals surface area (Å²) in [7, 11) is -2.75. The van der Waals surface area contributed by atoms with Gasteiger partial charge in [0, 0.05) is 0 Å². The van der Waals surface area contributed by atoms with E-state index in [9.17, 15) is 17.6 Å². The van der Waals surface area contributed by atoms with Gasteiger partial charge in [0.15, 0.2) is 0 Å². The molecule has 0 unspecified atom stereocenters. The molecule has 0 amide bonds. The van der Waals surface area contributed by atoms with E-state index in [1.807, 2.05) is 0 Å². The lowest BCUT2D eigenvalue weighted by Crippen LogP contribution is -2.34. The summed E-state index contributed by atoms with van der Waals surface area (Å²) in [6.07, 6.45) is 0. The zero-order chi connectivity index (χ0) is 21.6. The van der Waals surface area contributed by atoms with Crippen molar-refractivity contribution in [2.45, 2.75) is 17.5 Å². The molecule has 0 aliphatic rings. The first-order chi connectivity index (χ1) is 14.4. The number of sulfonamides is 1. The van der Waals surface area contributed by atoms with Crippen LogP contribution in [0.1, 0.15) is 17.2 Å². The molecule has 0 aliphatic carbocycles. The molecule has 0 heterocycles. The van der Waals surface area contributed by atoms with Gasteiger partial charge in [0.1, 0.15) is 24.2 Å². The number of carbonyl (C=O) groups is 1. The molecule has 1 atom stereocenters. The van der Waals surface area contributed by atoms with Gasteiger partial charge in [-0.15, -0.1) is 0 Å². The van der Waals surface area contributed by atoms with Crippen molar-refractivity contribution >= 4 is 16.0 Å². The van der Waals surface area contributed by atoms with E-state index in [0.29, 0.717) is 11.3 Å². The molecule has 6 nitrogen and oxygen atoms in total. The van der Waals surface area contributed by atoms with E-state index < -0.39 is 22.0 Å². The Morgan fingerprint density at radius 1 is 0.967 bits per heavy atom. The lowest BCUT2D eigenvalue weighted by atomic mass is 10.1. The number of nitrogens with one attached hydrogen (secondary N) is 1. The Balaban J connectivity index is 1.74. The van der Waals surface area contributed by atoms with Gasteiger partial charge in [0.25, 0.3) is 0 Å². The predicted octanol–water partition coefficient (Wildman–Crippen LogP) is 3.60. The number of rotatable bonds is 8. The normalized spacial score (nSPS) is 12.2. The third-order valence-corrected chi connectivity index (χ3v) is 5.73. The Kier molecular flexibility index (Phi) is 6.81. The third kappa shape index (κ3) is 5.43. The highest BCUT2D eigenvalue weighted by Gasteiger charge is 2.28. The van der Waals surface area contributed by atoms with Gasteiger partial charge in [-0.3, -0.25) is 0 Å². The number of carbonyl (C=O) groups excluding carboxylic acids is 1. The van der Waals surface area contributed by atoms with Gasteiger partial charge in [-0.05, 0) is 47.5 Å². The maximum absolute atomic E-state index is 13.0. The van der Waals surface area contributed by atoms with Crippen molar-refractivity contribution in [1.29, 1.82) is 0 Å². The molecule has 3 rings (SSSR count). The van der Waals surface area contributed by atoms with Crippen molar-refractivity contribution in [2.75, 3.05) is 7.11 Å². The highest BCUT2D eigenvalue weighted by Crippen LogP contribution is 2.22. The van der Waals surface area contributed by atoms with Crippen molar-refractivity contribution in [1.82, 2.24) is 4.72 Å². The Morgan fingerprint density at radius 2 is 1.60 bits per heavy atom. The van der Waals surface area contributed by atoms with Gasteiger partial charge in [-0.1, -0.05) is 42.5 Å². The maximum Gasteiger partial charge on any atom is 0.328 e. The van der Waals surface area contributed by atoms with Crippen LogP contribution in [0.15, 0.2) is 83.8 Å². The van der Waals surface area contributed by atoms with Crippen LogP contribution in [0.5, 0.6) is 5.75 Å². The van der Waals surface area contributed by atoms with Gasteiger partial charge < -0.3 is 9.47 Å². The molecule has 3 aromatic rings. The van der Waals surface area contributed by atoms with Gasteiger partial charge in [-0.2, -0.15) is 4.72 Å². The van der Waals surface area contributed by atoms with E-state index in [4.69, 9.17) is 9.47 Å². The van der Waals surface area contributed by atoms with E-state index in [2.05, 4.69) is 4.72 Å². The van der Waals surface area contributed by atoms with E-state index in [1.54, 1.807) is 54.6 Å². The van der Waals surface area contributed by atoms with Crippen molar-refractivity contribution in [3.63, 3.8) is 0 Å². The van der Waals surface area contributed by atoms with Gasteiger partial charge in [0.05, 0.1) is 12.0 Å². The second-order valence-electron chi connectivity index (χ2n) is 6.37. The summed E-state index contributed by atoms with van der Waals surface area (Å²) in [5.74, 6) is -0.554. The molecule has 0 fully saturated rings. The molecule has 0 radical (unpaired) electrons. The summed E-state index contributed by atoms with van der Waals surface area (Å²) in [5, 5.41) is 0. The molecule has 156 valence electrons. The van der Waals surface area contributed by atoms with E-state index in [1.165, 1.54) is 31.4 Å². The van der Waals surface area contributed by atoms with Crippen molar-refractivity contribution < 1.29 is 27.1 Å². The minimum absolute atomic E-state index is 0.0400. The summed E-state index contributed by atoms with van der Waals surface area (Å²) in [5.41, 5.74) is 1.19. The van der Waals surface area contributed by atoms with Crippen molar-refractivity contribution in [3.05, 3.63) is 95.8 Å². The molecule has 0 saturated heterocycles. The van der Waals surface area contributed by atoms with E-state index in [0.717, 1.165) is 5.56 Å². The molecule has 0 bridgehead atoms. The second-order valence-corrected chi connectivity index (χ2v) is 8.09. The minimum Gasteiger partial charge on any atom is -0.489 e. The van der Waals surface area contributed by atoms with Crippen LogP contribution in [0.2, 0.25) is 0 Å². The lowest BCUT2D eigenvalue weighted by molar-refractivity contribution is -0.142. The molecular formula is C22H20FNO5S. The Morgan fingerprint density at radius 3 is 2.20 bits per heavy atom. The van der Waals surface area contributed by atoms with E-state index in [-0.39, 0.29) is 17.3 Å². The quantitative estimate of drug-likeness (QED) is 0.554. The van der Waals surface area contributed by atoms with Crippen LogP contribution in [-0.2, 0) is 26.2 Å². The average molecular weight is 429 g/mol. The largest absolute Gasteiger partial charge is 0.489 e. The molecule has 0 aliphatic heterocycles. The number of hydrogen-bond acceptors (Lipinski definition) is 5. The minimum atomic E-state index is -3.94. The Bertz CT molecular complexity index is 1080. The number of hydrogen-bond donors (Lipinski definition) is 1. The zero-order valence-corrected chi connectivity index (χ0v) is 16.9. The molecule has 8 heteroatoms. The Hall–Kier alpha value is -3.23. The third-order valence-electron chi connectivity index (χ3n) is 4.30. The van der Waals surface area contributed by atoms with Gasteiger partial charge in [-0.25, -0.2) is 17.6 Å². The highest BCUT2D eigenvalue weighted by atomic mass is 32.2. The topological polar surface area (TPSA) is 81.7 Å². The number of esters is 1. The highest BCUT2D eigenvalue weighted by molar-refractivity contribution is 7.89. The number of ether oxygens (including phenoxy) is 2. The summed E-state index contributed by atoms with van der Waals surface area (Å²) in [6.45, 7) is 0.237. The van der Waals surface area contributed by atoms with Crippen LogP contribution in [0, 0.1) is 5.82 Å². The molecule has 0 saturated carbocycles. The molecule has 0 aromatic heterocycles. The molecule has 1 N–H and O–H groups in total. The lowest BCUT2D eigenvalue weighted by Gasteiger charge is -2.17. The Labute approximate surface area is 174 Å². The molecule has 30 heavy (non-hydrogen) atoms. The van der Waals surface area contributed by atoms with E-state index >= 15 is 0 Å². The summed E-state index contributed by atoms with van der Waals surface area (Å²) in [4.78, 5) is 12.3. The van der Waals surface area contributed by atoms with Gasteiger partial charge >= 0.3 is 5.97 Å². The van der Waals surface area contributed by atoms with Crippen molar-refractivity contribution in [2.24, 2.45) is 0 Å². The SMILES string of the molecule is COC(=O)[C@H](NS(=O)(=O)c1ccccc1)c1ccc(OCc2ccc(F)cc2)cc1. The van der Waals surface area contributed by atoms with Crippen LogP contribution < -0.4 is 9.46 Å². The summed E-state index contributed by atoms with van der Waals surface area (Å²) in [6, 6.07) is 18.9. The smallest absolute Gasteiger partial charge is 0.328 e. The first kappa shape index (κ1) is 21.5. The fourth-order valence-corrected chi connectivity index (χ4v) is 3.89. The molecular weight excluding hydrogens is 409 g/mol. The summed E-state index contributed by atoms with van der Waals surface area (Å²) < 4.78 is 51.0. The van der Waals surface area contributed by atoms with Crippen molar-refractivity contribution in [3.8, 4) is 5.75 Å². The molecule has 3 aromatic carbocycles. The molecule has 0 spiro atoms. The fraction of sp³-hybridized carbons (Fsp3) is 0.136. The van der Waals surface area contributed by atoms with Gasteiger partial charge in [0.2, 0.25) is 10.0 Å². The monoisotopic (exact) mass is 429 g/mol. The van der Waals surface area contributed by atoms with Crippen LogP contribution in [-0.4, -0.2) is 21.5 Å². The number of methoxy groups -OCH3 is 1. The summed E-state index contributed by atoms with van der Waals surface area (Å²) >= 11 is 0. The number of benzene rings is 3. The van der Waals surface area contributed by atoms with Crippen LogP contribution in [0.4, 0.5) is 4.39 Å². The maximum atomic E-state index is 13.0. The number of halogens is 1. The first-order valence-corrected chi connectivity index (χ1v) is 10.5. The van der Waals surface area contributed by atoms with Crippen LogP contribution >= 0.6 is 0 Å². The second kappa shape index (κ2) is 9.51. The first-order valence-electron chi connectivity index (χ1n) is 9.01. The predicted molar refractivity (Wildman–Crippen MR) is 109 cm³/mol.